The van der Waals surface area contributed by atoms with E-state index in [4.69, 9.17) is 9.72 Å². The molecule has 0 radical (unpaired) electrons. The second-order valence-corrected chi connectivity index (χ2v) is 8.12. The summed E-state index contributed by atoms with van der Waals surface area (Å²) >= 11 is 3.28. The zero-order valence-electron chi connectivity index (χ0n) is 13.6. The van der Waals surface area contributed by atoms with Crippen LogP contribution >= 0.6 is 23.1 Å². The van der Waals surface area contributed by atoms with Crippen LogP contribution in [0.2, 0.25) is 0 Å². The maximum atomic E-state index is 13.0. The normalized spacial score (nSPS) is 17.4. The third-order valence-corrected chi connectivity index (χ3v) is 6.30. The van der Waals surface area contributed by atoms with Gasteiger partial charge in [-0.3, -0.25) is 9.36 Å². The first kappa shape index (κ1) is 16.7. The number of ether oxygens (including phenoxy) is 1. The van der Waals surface area contributed by atoms with Crippen molar-refractivity contribution in [2.75, 3.05) is 19.5 Å². The predicted molar refractivity (Wildman–Crippen MR) is 97.9 cm³/mol. The Morgan fingerprint density at radius 2 is 2.39 bits per heavy atom. The van der Waals surface area contributed by atoms with Gasteiger partial charge in [0.05, 0.1) is 12.0 Å². The zero-order chi connectivity index (χ0) is 16.4. The number of hydrogen-bond acceptors (Lipinski definition) is 5. The minimum absolute atomic E-state index is 0.0851. The van der Waals surface area contributed by atoms with Crippen molar-refractivity contribution in [1.29, 1.82) is 0 Å². The molecule has 23 heavy (non-hydrogen) atoms. The molecular weight excluding hydrogens is 328 g/mol. The van der Waals surface area contributed by atoms with Crippen LogP contribution in [0.1, 0.15) is 23.8 Å². The highest BCUT2D eigenvalue weighted by molar-refractivity contribution is 7.99. The summed E-state index contributed by atoms with van der Waals surface area (Å²) in [5, 5.41) is 1.61. The van der Waals surface area contributed by atoms with Gasteiger partial charge in [0.15, 0.2) is 5.16 Å². The molecule has 0 fully saturated rings. The number of aromatic nitrogens is 2. The van der Waals surface area contributed by atoms with Crippen LogP contribution in [0.25, 0.3) is 10.2 Å². The molecule has 0 bridgehead atoms. The van der Waals surface area contributed by atoms with Crippen molar-refractivity contribution in [3.63, 3.8) is 0 Å². The summed E-state index contributed by atoms with van der Waals surface area (Å²) in [4.78, 5) is 20.1. The van der Waals surface area contributed by atoms with Gasteiger partial charge in [-0.2, -0.15) is 0 Å². The number of nitrogens with zero attached hydrogens (tertiary/aromatic N) is 2. The highest BCUT2D eigenvalue weighted by Crippen LogP contribution is 2.36. The molecule has 0 spiro atoms. The van der Waals surface area contributed by atoms with Gasteiger partial charge in [0.25, 0.3) is 5.56 Å². The lowest BCUT2D eigenvalue weighted by atomic mass is 9.89. The van der Waals surface area contributed by atoms with Crippen molar-refractivity contribution in [3.05, 3.63) is 33.4 Å². The van der Waals surface area contributed by atoms with Crippen LogP contribution in [0.3, 0.4) is 0 Å². The second-order valence-electron chi connectivity index (χ2n) is 5.97. The lowest BCUT2D eigenvalue weighted by Gasteiger charge is -2.17. The summed E-state index contributed by atoms with van der Waals surface area (Å²) in [6.07, 6.45) is 4.99. The topological polar surface area (TPSA) is 44.1 Å². The van der Waals surface area contributed by atoms with Crippen LogP contribution < -0.4 is 5.56 Å². The van der Waals surface area contributed by atoms with Gasteiger partial charge in [0.1, 0.15) is 4.83 Å². The van der Waals surface area contributed by atoms with Crippen molar-refractivity contribution < 1.29 is 4.74 Å². The number of fused-ring (bicyclic) bond motifs is 3. The molecule has 0 aliphatic heterocycles. The van der Waals surface area contributed by atoms with E-state index in [1.165, 1.54) is 10.4 Å². The van der Waals surface area contributed by atoms with Crippen LogP contribution in [0.4, 0.5) is 0 Å². The fraction of sp³-hybridized carbons (Fsp3) is 0.529. The average Bonchev–Trinajstić information content (AvgIpc) is 2.88. The molecule has 1 aliphatic carbocycles. The number of thioether (sulfide) groups is 1. The maximum absolute atomic E-state index is 13.0. The third kappa shape index (κ3) is 3.25. The standard InChI is InChI=1S/C17H22N2O2S2/c1-4-7-19-16(20)14-12-6-5-11(2)10-13(12)23-15(14)18-17(19)22-9-8-21-3/h4,11H,1,5-10H2,2-3H3. The number of allylic oxidation sites excluding steroid dienone is 1. The Balaban J connectivity index is 2.11. The first-order valence-corrected chi connectivity index (χ1v) is 9.73. The summed E-state index contributed by atoms with van der Waals surface area (Å²) in [5.41, 5.74) is 1.33. The molecule has 1 unspecified atom stereocenters. The quantitative estimate of drug-likeness (QED) is 0.346. The van der Waals surface area contributed by atoms with E-state index in [-0.39, 0.29) is 5.56 Å². The summed E-state index contributed by atoms with van der Waals surface area (Å²) in [7, 11) is 1.68. The van der Waals surface area contributed by atoms with E-state index in [1.54, 1.807) is 40.9 Å². The van der Waals surface area contributed by atoms with Gasteiger partial charge in [0, 0.05) is 24.3 Å². The predicted octanol–water partition coefficient (Wildman–Crippen LogP) is 3.51. The van der Waals surface area contributed by atoms with Gasteiger partial charge in [-0.15, -0.1) is 17.9 Å². The molecular formula is C17H22N2O2S2. The molecule has 124 valence electrons. The van der Waals surface area contributed by atoms with Gasteiger partial charge in [-0.05, 0) is 30.7 Å². The fourth-order valence-corrected chi connectivity index (χ4v) is 5.35. The first-order chi connectivity index (χ1) is 11.2. The van der Waals surface area contributed by atoms with Crippen LogP contribution in [0.5, 0.6) is 0 Å². The van der Waals surface area contributed by atoms with E-state index >= 15 is 0 Å². The number of aryl methyl sites for hydroxylation is 1. The molecule has 0 aromatic carbocycles. The molecule has 2 aromatic rings. The number of methoxy groups -OCH3 is 1. The van der Waals surface area contributed by atoms with Crippen LogP contribution in [0, 0.1) is 5.92 Å². The number of hydrogen-bond donors (Lipinski definition) is 0. The Kier molecular flexibility index (Phi) is 5.24. The Morgan fingerprint density at radius 3 is 3.13 bits per heavy atom. The molecule has 1 aliphatic rings. The van der Waals surface area contributed by atoms with Crippen molar-refractivity contribution in [1.82, 2.24) is 9.55 Å². The highest BCUT2D eigenvalue weighted by atomic mass is 32.2. The van der Waals surface area contributed by atoms with E-state index in [9.17, 15) is 4.79 Å². The van der Waals surface area contributed by atoms with Gasteiger partial charge < -0.3 is 4.74 Å². The highest BCUT2D eigenvalue weighted by Gasteiger charge is 2.24. The zero-order valence-corrected chi connectivity index (χ0v) is 15.3. The van der Waals surface area contributed by atoms with E-state index in [0.29, 0.717) is 19.1 Å². The molecule has 0 amide bonds. The summed E-state index contributed by atoms with van der Waals surface area (Å²) in [5.74, 6) is 1.48. The number of rotatable bonds is 6. The van der Waals surface area contributed by atoms with Crippen molar-refractivity contribution in [3.8, 4) is 0 Å². The third-order valence-electron chi connectivity index (χ3n) is 4.21. The largest absolute Gasteiger partial charge is 0.384 e. The minimum Gasteiger partial charge on any atom is -0.384 e. The maximum Gasteiger partial charge on any atom is 0.263 e. The summed E-state index contributed by atoms with van der Waals surface area (Å²) < 4.78 is 6.86. The SMILES string of the molecule is C=CCn1c(SCCOC)nc2sc3c(c2c1=O)CCC(C)C3. The smallest absolute Gasteiger partial charge is 0.263 e. The van der Waals surface area contributed by atoms with E-state index in [2.05, 4.69) is 13.5 Å². The van der Waals surface area contributed by atoms with Crippen molar-refractivity contribution in [2.24, 2.45) is 5.92 Å². The average molecular weight is 351 g/mol. The Labute approximate surface area is 144 Å². The molecule has 1 atom stereocenters. The van der Waals surface area contributed by atoms with Crippen LogP contribution in [-0.4, -0.2) is 29.0 Å². The molecule has 6 heteroatoms. The molecule has 4 nitrogen and oxygen atoms in total. The lowest BCUT2D eigenvalue weighted by molar-refractivity contribution is 0.218. The van der Waals surface area contributed by atoms with Gasteiger partial charge in [-0.1, -0.05) is 24.8 Å². The van der Waals surface area contributed by atoms with Crippen molar-refractivity contribution >= 4 is 33.3 Å². The lowest BCUT2D eigenvalue weighted by Crippen LogP contribution is -2.23. The molecule has 0 N–H and O–H groups in total. The Hall–Kier alpha value is -1.11. The fourth-order valence-electron chi connectivity index (χ4n) is 3.02. The Morgan fingerprint density at radius 1 is 1.57 bits per heavy atom. The van der Waals surface area contributed by atoms with Gasteiger partial charge in [-0.25, -0.2) is 4.98 Å². The van der Waals surface area contributed by atoms with Crippen molar-refractivity contribution in [2.45, 2.75) is 37.9 Å². The monoisotopic (exact) mass is 350 g/mol. The Bertz CT molecular complexity index is 779. The second kappa shape index (κ2) is 7.20. The minimum atomic E-state index is 0.0851. The molecule has 2 heterocycles. The summed E-state index contributed by atoms with van der Waals surface area (Å²) in [6, 6.07) is 0. The van der Waals surface area contributed by atoms with E-state index in [1.807, 2.05) is 0 Å². The molecule has 2 aromatic heterocycles. The molecule has 0 saturated carbocycles. The van der Waals surface area contributed by atoms with Crippen LogP contribution in [0.15, 0.2) is 22.6 Å². The van der Waals surface area contributed by atoms with Crippen LogP contribution in [-0.2, 0) is 24.1 Å². The molecule has 3 rings (SSSR count). The summed E-state index contributed by atoms with van der Waals surface area (Å²) in [6.45, 7) is 7.20. The first-order valence-electron chi connectivity index (χ1n) is 7.93. The van der Waals surface area contributed by atoms with Gasteiger partial charge in [0.2, 0.25) is 0 Å². The number of thiophene rings is 1. The van der Waals surface area contributed by atoms with E-state index < -0.39 is 0 Å². The van der Waals surface area contributed by atoms with Gasteiger partial charge >= 0.3 is 0 Å². The molecule has 0 saturated heterocycles. The van der Waals surface area contributed by atoms with E-state index in [0.717, 1.165) is 40.4 Å².